The largest absolute Gasteiger partial charge is 0.466 e. The van der Waals surface area contributed by atoms with Gasteiger partial charge in [-0.3, -0.25) is 28.8 Å². The van der Waals surface area contributed by atoms with E-state index in [0.717, 1.165) is 38.5 Å². The number of rotatable bonds is 29. The van der Waals surface area contributed by atoms with E-state index >= 15 is 0 Å². The summed E-state index contributed by atoms with van der Waals surface area (Å²) in [5.41, 5.74) is 0. The Labute approximate surface area is 287 Å². The molecular weight excluding hydrogens is 624 g/mol. The van der Waals surface area contributed by atoms with E-state index < -0.39 is 59.5 Å². The van der Waals surface area contributed by atoms with Crippen molar-refractivity contribution in [2.24, 2.45) is 23.7 Å². The maximum atomic E-state index is 12.7. The van der Waals surface area contributed by atoms with Crippen LogP contribution in [0.5, 0.6) is 0 Å². The van der Waals surface area contributed by atoms with E-state index in [1.807, 2.05) is 27.7 Å². The Morgan fingerprint density at radius 2 is 0.708 bits per heavy atom. The fourth-order valence-corrected chi connectivity index (χ4v) is 4.54. The van der Waals surface area contributed by atoms with Crippen molar-refractivity contribution >= 4 is 35.8 Å². The zero-order valence-electron chi connectivity index (χ0n) is 30.4. The van der Waals surface area contributed by atoms with Crippen LogP contribution in [0.2, 0.25) is 0 Å². The zero-order chi connectivity index (χ0) is 36.2. The van der Waals surface area contributed by atoms with Crippen molar-refractivity contribution in [3.8, 4) is 0 Å². The van der Waals surface area contributed by atoms with Gasteiger partial charge >= 0.3 is 35.8 Å². The first-order valence-corrected chi connectivity index (χ1v) is 18.0. The number of hydrogen-bond acceptors (Lipinski definition) is 12. The number of carbonyl (C=O) groups is 6. The second-order valence-corrected chi connectivity index (χ2v) is 12.3. The molecule has 0 aliphatic heterocycles. The van der Waals surface area contributed by atoms with Crippen LogP contribution < -0.4 is 0 Å². The van der Waals surface area contributed by atoms with Gasteiger partial charge in [0.15, 0.2) is 0 Å². The molecule has 0 fully saturated rings. The molecule has 0 amide bonds. The van der Waals surface area contributed by atoms with Crippen molar-refractivity contribution in [1.82, 2.24) is 0 Å². The molecular formula is C36H62O12. The highest BCUT2D eigenvalue weighted by atomic mass is 16.6. The van der Waals surface area contributed by atoms with Crippen molar-refractivity contribution in [3.63, 3.8) is 0 Å². The van der Waals surface area contributed by atoms with Gasteiger partial charge < -0.3 is 28.4 Å². The van der Waals surface area contributed by atoms with E-state index in [1.54, 1.807) is 13.8 Å². The van der Waals surface area contributed by atoms with Gasteiger partial charge in [0.05, 0.1) is 50.1 Å². The molecule has 0 bridgehead atoms. The molecule has 12 heteroatoms. The minimum absolute atomic E-state index is 0.0352. The number of ether oxygens (including phenoxy) is 6. The first-order chi connectivity index (χ1) is 23.0. The van der Waals surface area contributed by atoms with Crippen LogP contribution in [0.1, 0.15) is 131 Å². The second-order valence-electron chi connectivity index (χ2n) is 12.3. The predicted octanol–water partition coefficient (Wildman–Crippen LogP) is 6.29. The second kappa shape index (κ2) is 28.8. The van der Waals surface area contributed by atoms with Gasteiger partial charge in [0.1, 0.15) is 13.2 Å². The monoisotopic (exact) mass is 686 g/mol. The first kappa shape index (κ1) is 44.8. The lowest BCUT2D eigenvalue weighted by Gasteiger charge is -2.20. The quantitative estimate of drug-likeness (QED) is 0.0493. The van der Waals surface area contributed by atoms with Crippen LogP contribution >= 0.6 is 0 Å². The highest BCUT2D eigenvalue weighted by Crippen LogP contribution is 2.23. The van der Waals surface area contributed by atoms with Crippen molar-refractivity contribution < 1.29 is 57.2 Å². The standard InChI is InChI=1S/C36H62O12/c1-7-11-19-43-31(37)17-15-29(35(41)45-21-13-9-3)25-27(5)33(39)47-23-24-48-34(40)28(6)26-30(36(42)46-22-14-10-4)16-18-32(38)44-20-12-8-2/h27-30H,7-26H2,1-6H3. The fraction of sp³-hybridized carbons (Fsp3) is 0.833. The lowest BCUT2D eigenvalue weighted by atomic mass is 9.92. The van der Waals surface area contributed by atoms with Gasteiger partial charge in [-0.2, -0.15) is 0 Å². The summed E-state index contributed by atoms with van der Waals surface area (Å²) in [4.78, 5) is 75.0. The topological polar surface area (TPSA) is 158 Å². The molecule has 278 valence electrons. The molecule has 0 saturated carbocycles. The van der Waals surface area contributed by atoms with Gasteiger partial charge in [0, 0.05) is 12.8 Å². The highest BCUT2D eigenvalue weighted by Gasteiger charge is 2.29. The Morgan fingerprint density at radius 1 is 0.417 bits per heavy atom. The highest BCUT2D eigenvalue weighted by molar-refractivity contribution is 5.78. The van der Waals surface area contributed by atoms with Gasteiger partial charge in [0.25, 0.3) is 0 Å². The van der Waals surface area contributed by atoms with E-state index in [1.165, 1.54) is 0 Å². The Bertz CT molecular complexity index is 860. The van der Waals surface area contributed by atoms with E-state index in [9.17, 15) is 28.8 Å². The summed E-state index contributed by atoms with van der Waals surface area (Å²) in [6.45, 7) is 12.0. The molecule has 12 nitrogen and oxygen atoms in total. The molecule has 0 aromatic rings. The van der Waals surface area contributed by atoms with Gasteiger partial charge in [-0.15, -0.1) is 0 Å². The summed E-state index contributed by atoms with van der Waals surface area (Å²) in [6, 6.07) is 0. The smallest absolute Gasteiger partial charge is 0.308 e. The van der Waals surface area contributed by atoms with Crippen LogP contribution in [0.4, 0.5) is 0 Å². The van der Waals surface area contributed by atoms with Crippen LogP contribution in [0.3, 0.4) is 0 Å². The molecule has 0 radical (unpaired) electrons. The van der Waals surface area contributed by atoms with E-state index in [4.69, 9.17) is 28.4 Å². The molecule has 48 heavy (non-hydrogen) atoms. The lowest BCUT2D eigenvalue weighted by molar-refractivity contribution is -0.160. The van der Waals surface area contributed by atoms with Gasteiger partial charge in [-0.25, -0.2) is 0 Å². The Balaban J connectivity index is 4.92. The van der Waals surface area contributed by atoms with E-state index in [0.29, 0.717) is 26.1 Å². The van der Waals surface area contributed by atoms with Gasteiger partial charge in [0.2, 0.25) is 0 Å². The maximum absolute atomic E-state index is 12.7. The van der Waals surface area contributed by atoms with E-state index in [2.05, 4.69) is 0 Å². The molecule has 0 rings (SSSR count). The van der Waals surface area contributed by atoms with Crippen molar-refractivity contribution in [3.05, 3.63) is 0 Å². The van der Waals surface area contributed by atoms with Crippen LogP contribution in [-0.2, 0) is 57.2 Å². The zero-order valence-corrected chi connectivity index (χ0v) is 30.4. The third-order valence-corrected chi connectivity index (χ3v) is 7.72. The van der Waals surface area contributed by atoms with Gasteiger partial charge in [-0.05, 0) is 51.4 Å². The normalized spacial score (nSPS) is 13.4. The third-order valence-electron chi connectivity index (χ3n) is 7.72. The number of unbranched alkanes of at least 4 members (excludes halogenated alkanes) is 4. The van der Waals surface area contributed by atoms with Gasteiger partial charge in [-0.1, -0.05) is 67.2 Å². The summed E-state index contributed by atoms with van der Waals surface area (Å²) in [7, 11) is 0. The van der Waals surface area contributed by atoms with Crippen LogP contribution in [0, 0.1) is 23.7 Å². The molecule has 0 spiro atoms. The summed E-state index contributed by atoms with van der Waals surface area (Å²) < 4.78 is 31.7. The number of esters is 6. The summed E-state index contributed by atoms with van der Waals surface area (Å²) in [5.74, 6) is -5.57. The third kappa shape index (κ3) is 22.4. The minimum Gasteiger partial charge on any atom is -0.466 e. The molecule has 0 N–H and O–H groups in total. The summed E-state index contributed by atoms with van der Waals surface area (Å²) in [6.07, 6.45) is 7.16. The molecule has 0 saturated heterocycles. The van der Waals surface area contributed by atoms with Crippen LogP contribution in [-0.4, -0.2) is 75.5 Å². The molecule has 0 aromatic carbocycles. The maximum Gasteiger partial charge on any atom is 0.308 e. The minimum atomic E-state index is -0.679. The molecule has 0 heterocycles. The summed E-state index contributed by atoms with van der Waals surface area (Å²) >= 11 is 0. The molecule has 0 aliphatic rings. The van der Waals surface area contributed by atoms with Crippen molar-refractivity contribution in [2.45, 2.75) is 131 Å². The first-order valence-electron chi connectivity index (χ1n) is 18.0. The van der Waals surface area contributed by atoms with Crippen LogP contribution in [0.25, 0.3) is 0 Å². The van der Waals surface area contributed by atoms with Crippen molar-refractivity contribution in [2.75, 3.05) is 39.6 Å². The summed E-state index contributed by atoms with van der Waals surface area (Å²) in [5, 5.41) is 0. The Morgan fingerprint density at radius 3 is 1.02 bits per heavy atom. The molecule has 0 aliphatic carbocycles. The predicted molar refractivity (Wildman–Crippen MR) is 178 cm³/mol. The molecule has 0 aromatic heterocycles. The Kier molecular flexibility index (Phi) is 26.9. The number of carbonyl (C=O) groups excluding carboxylic acids is 6. The molecule has 4 unspecified atom stereocenters. The molecule has 4 atom stereocenters. The van der Waals surface area contributed by atoms with E-state index in [-0.39, 0.29) is 65.0 Å². The number of hydrogen-bond donors (Lipinski definition) is 0. The SMILES string of the molecule is CCCCOC(=O)CCC(CC(C)C(=O)OCCOC(=O)C(C)CC(CCC(=O)OCCCC)C(=O)OCCCC)C(=O)OCCCC. The fourth-order valence-electron chi connectivity index (χ4n) is 4.54. The van der Waals surface area contributed by atoms with Crippen molar-refractivity contribution in [1.29, 1.82) is 0 Å². The average molecular weight is 687 g/mol. The Hall–Kier alpha value is -3.18. The average Bonchev–Trinajstić information content (AvgIpc) is 3.06. The van der Waals surface area contributed by atoms with Crippen LogP contribution in [0.15, 0.2) is 0 Å². The lowest BCUT2D eigenvalue weighted by Crippen LogP contribution is -2.27.